The third-order valence-corrected chi connectivity index (χ3v) is 4.10. The molecular formula is C16H21ClFN3. The average molecular weight is 310 g/mol. The lowest BCUT2D eigenvalue weighted by molar-refractivity contribution is 0.554. The van der Waals surface area contributed by atoms with E-state index in [0.29, 0.717) is 17.0 Å². The van der Waals surface area contributed by atoms with E-state index < -0.39 is 6.04 Å². The van der Waals surface area contributed by atoms with Crippen molar-refractivity contribution in [3.05, 3.63) is 51.6 Å². The molecule has 2 N–H and O–H groups in total. The van der Waals surface area contributed by atoms with Gasteiger partial charge in [0.25, 0.3) is 0 Å². The van der Waals surface area contributed by atoms with Gasteiger partial charge in [0.2, 0.25) is 0 Å². The topological polar surface area (TPSA) is 43.8 Å². The van der Waals surface area contributed by atoms with Crippen molar-refractivity contribution in [3.63, 3.8) is 0 Å². The molecule has 0 spiro atoms. The van der Waals surface area contributed by atoms with Crippen LogP contribution in [0.3, 0.4) is 0 Å². The van der Waals surface area contributed by atoms with E-state index in [-0.39, 0.29) is 5.82 Å². The Bertz CT molecular complexity index is 637. The van der Waals surface area contributed by atoms with E-state index >= 15 is 0 Å². The van der Waals surface area contributed by atoms with Crippen LogP contribution < -0.4 is 5.73 Å². The zero-order valence-corrected chi connectivity index (χ0v) is 13.4. The van der Waals surface area contributed by atoms with Gasteiger partial charge in [-0.1, -0.05) is 30.7 Å². The quantitative estimate of drug-likeness (QED) is 0.912. The van der Waals surface area contributed by atoms with Crippen molar-refractivity contribution in [2.24, 2.45) is 5.73 Å². The third kappa shape index (κ3) is 3.27. The monoisotopic (exact) mass is 309 g/mol. The Hall–Kier alpha value is -1.39. The Morgan fingerprint density at radius 1 is 1.38 bits per heavy atom. The average Bonchev–Trinajstić information content (AvgIpc) is 2.75. The molecule has 0 saturated carbocycles. The van der Waals surface area contributed by atoms with E-state index in [1.54, 1.807) is 6.07 Å². The molecule has 0 aliphatic carbocycles. The van der Waals surface area contributed by atoms with E-state index in [9.17, 15) is 4.39 Å². The summed E-state index contributed by atoms with van der Waals surface area (Å²) in [4.78, 5) is 0. The minimum absolute atomic E-state index is 0.267. The molecule has 114 valence electrons. The molecule has 1 aromatic carbocycles. The molecule has 1 aromatic heterocycles. The number of hydrogen-bond donors (Lipinski definition) is 1. The predicted octanol–water partition coefficient (Wildman–Crippen LogP) is 3.81. The summed E-state index contributed by atoms with van der Waals surface area (Å²) in [5.41, 5.74) is 9.32. The third-order valence-electron chi connectivity index (χ3n) is 3.66. The van der Waals surface area contributed by atoms with Crippen molar-refractivity contribution >= 4 is 11.6 Å². The molecule has 2 rings (SSSR count). The number of hydrogen-bond acceptors (Lipinski definition) is 2. The van der Waals surface area contributed by atoms with E-state index in [0.717, 1.165) is 29.9 Å². The maximum absolute atomic E-state index is 14.0. The van der Waals surface area contributed by atoms with Gasteiger partial charge >= 0.3 is 0 Å². The highest BCUT2D eigenvalue weighted by molar-refractivity contribution is 6.31. The first kappa shape index (κ1) is 16.0. The number of aryl methyl sites for hydroxylation is 3. The van der Waals surface area contributed by atoms with Crippen LogP contribution >= 0.6 is 11.6 Å². The molecule has 1 heterocycles. The van der Waals surface area contributed by atoms with Crippen LogP contribution in [-0.4, -0.2) is 9.78 Å². The number of nitrogens with two attached hydrogens (primary N) is 1. The fraction of sp³-hybridized carbons (Fsp3) is 0.438. The molecule has 0 bridgehead atoms. The Morgan fingerprint density at radius 3 is 2.67 bits per heavy atom. The van der Waals surface area contributed by atoms with Crippen molar-refractivity contribution < 1.29 is 4.39 Å². The minimum atomic E-state index is -0.435. The van der Waals surface area contributed by atoms with Crippen molar-refractivity contribution in [2.75, 3.05) is 0 Å². The van der Waals surface area contributed by atoms with E-state index in [1.165, 1.54) is 6.07 Å². The van der Waals surface area contributed by atoms with Gasteiger partial charge in [0.15, 0.2) is 0 Å². The summed E-state index contributed by atoms with van der Waals surface area (Å²) in [5, 5.41) is 5.12. The van der Waals surface area contributed by atoms with Gasteiger partial charge in [-0.3, -0.25) is 4.68 Å². The Labute approximate surface area is 129 Å². The predicted molar refractivity (Wildman–Crippen MR) is 84.1 cm³/mol. The zero-order chi connectivity index (χ0) is 15.6. The van der Waals surface area contributed by atoms with Gasteiger partial charge in [-0.05, 0) is 31.9 Å². The largest absolute Gasteiger partial charge is 0.324 e. The summed E-state index contributed by atoms with van der Waals surface area (Å²) >= 11 is 6.37. The van der Waals surface area contributed by atoms with Gasteiger partial charge in [0, 0.05) is 24.6 Å². The van der Waals surface area contributed by atoms with Gasteiger partial charge in [0.1, 0.15) is 5.82 Å². The van der Waals surface area contributed by atoms with Crippen molar-refractivity contribution in [1.29, 1.82) is 0 Å². The van der Waals surface area contributed by atoms with Gasteiger partial charge in [0.05, 0.1) is 16.4 Å². The summed E-state index contributed by atoms with van der Waals surface area (Å²) in [7, 11) is 0. The Kier molecular flexibility index (Phi) is 5.01. The lowest BCUT2D eigenvalue weighted by Crippen LogP contribution is -2.17. The first-order valence-electron chi connectivity index (χ1n) is 7.23. The van der Waals surface area contributed by atoms with Gasteiger partial charge < -0.3 is 5.73 Å². The molecule has 3 nitrogen and oxygen atoms in total. The highest BCUT2D eigenvalue weighted by Gasteiger charge is 2.19. The summed E-state index contributed by atoms with van der Waals surface area (Å²) in [6, 6.07) is 4.69. The van der Waals surface area contributed by atoms with Crippen LogP contribution in [0.5, 0.6) is 0 Å². The summed E-state index contributed by atoms with van der Waals surface area (Å²) in [6.45, 7) is 6.59. The molecular weight excluding hydrogens is 289 g/mol. The second-order valence-electron chi connectivity index (χ2n) is 5.21. The lowest BCUT2D eigenvalue weighted by atomic mass is 10.0. The standard InChI is InChI=1S/C16H21ClFN3/c1-4-14-16(17)15(21(5-2)20-14)9-13(19)11-7-6-10(3)8-12(11)18/h6-8,13H,4-5,9,19H2,1-3H3. The van der Waals surface area contributed by atoms with Crippen molar-refractivity contribution in [3.8, 4) is 0 Å². The van der Waals surface area contributed by atoms with Crippen LogP contribution in [0, 0.1) is 12.7 Å². The van der Waals surface area contributed by atoms with Crippen molar-refractivity contribution in [2.45, 2.75) is 46.2 Å². The zero-order valence-electron chi connectivity index (χ0n) is 12.7. The van der Waals surface area contributed by atoms with Gasteiger partial charge in [-0.2, -0.15) is 5.10 Å². The molecule has 1 unspecified atom stereocenters. The Morgan fingerprint density at radius 2 is 2.10 bits per heavy atom. The molecule has 5 heteroatoms. The van der Waals surface area contributed by atoms with Gasteiger partial charge in [-0.15, -0.1) is 0 Å². The van der Waals surface area contributed by atoms with Crippen LogP contribution in [0.2, 0.25) is 5.02 Å². The Balaban J connectivity index is 2.31. The van der Waals surface area contributed by atoms with Crippen LogP contribution in [0.15, 0.2) is 18.2 Å². The molecule has 21 heavy (non-hydrogen) atoms. The van der Waals surface area contributed by atoms with Crippen LogP contribution in [0.25, 0.3) is 0 Å². The smallest absolute Gasteiger partial charge is 0.128 e. The normalized spacial score (nSPS) is 12.7. The molecule has 0 saturated heterocycles. The highest BCUT2D eigenvalue weighted by Crippen LogP contribution is 2.27. The number of rotatable bonds is 5. The molecule has 0 aliphatic rings. The molecule has 0 aliphatic heterocycles. The second-order valence-corrected chi connectivity index (χ2v) is 5.59. The number of aromatic nitrogens is 2. The fourth-order valence-electron chi connectivity index (χ4n) is 2.46. The summed E-state index contributed by atoms with van der Waals surface area (Å²) < 4.78 is 15.9. The number of benzene rings is 1. The second kappa shape index (κ2) is 6.58. The minimum Gasteiger partial charge on any atom is -0.324 e. The molecule has 1 atom stereocenters. The first-order valence-corrected chi connectivity index (χ1v) is 7.61. The highest BCUT2D eigenvalue weighted by atomic mass is 35.5. The number of halogens is 2. The summed E-state index contributed by atoms with van der Waals surface area (Å²) in [6.07, 6.45) is 1.24. The van der Waals surface area contributed by atoms with Gasteiger partial charge in [-0.25, -0.2) is 4.39 Å². The van der Waals surface area contributed by atoms with Crippen LogP contribution in [0.4, 0.5) is 4.39 Å². The van der Waals surface area contributed by atoms with E-state index in [1.807, 2.05) is 31.5 Å². The maximum atomic E-state index is 14.0. The van der Waals surface area contributed by atoms with Crippen molar-refractivity contribution in [1.82, 2.24) is 9.78 Å². The first-order chi connectivity index (χ1) is 9.97. The maximum Gasteiger partial charge on any atom is 0.128 e. The molecule has 0 radical (unpaired) electrons. The summed E-state index contributed by atoms with van der Waals surface area (Å²) in [5.74, 6) is -0.267. The van der Waals surface area contributed by atoms with E-state index in [4.69, 9.17) is 17.3 Å². The fourth-order valence-corrected chi connectivity index (χ4v) is 2.81. The van der Waals surface area contributed by atoms with E-state index in [2.05, 4.69) is 5.10 Å². The molecule has 0 fully saturated rings. The molecule has 2 aromatic rings. The van der Waals surface area contributed by atoms with Crippen LogP contribution in [0.1, 0.15) is 42.4 Å². The number of nitrogens with zero attached hydrogens (tertiary/aromatic N) is 2. The van der Waals surface area contributed by atoms with Crippen LogP contribution in [-0.2, 0) is 19.4 Å². The SMILES string of the molecule is CCc1nn(CC)c(CC(N)c2ccc(C)cc2F)c1Cl. The lowest BCUT2D eigenvalue weighted by Gasteiger charge is -2.14. The molecule has 0 amide bonds.